The summed E-state index contributed by atoms with van der Waals surface area (Å²) < 4.78 is 32.8. The molecule has 0 aromatic heterocycles. The summed E-state index contributed by atoms with van der Waals surface area (Å²) in [6, 6.07) is 8.95. The molecule has 2 N–H and O–H groups in total. The fourth-order valence-corrected chi connectivity index (χ4v) is 2.13. The number of benzene rings is 2. The van der Waals surface area contributed by atoms with Gasteiger partial charge >= 0.3 is 0 Å². The zero-order valence-corrected chi connectivity index (χ0v) is 12.3. The van der Waals surface area contributed by atoms with Crippen LogP contribution in [-0.2, 0) is 13.0 Å². The van der Waals surface area contributed by atoms with Gasteiger partial charge in [-0.1, -0.05) is 29.8 Å². The standard InChI is InChI=1S/C16H16ClF2NO/c1-10(20)7-12-3-2-4-14(18)16(12)21-9-11-5-6-13(17)15(19)8-11/h2-6,8,10H,7,9,20H2,1H3. The van der Waals surface area contributed by atoms with E-state index >= 15 is 0 Å². The second-order valence-electron chi connectivity index (χ2n) is 4.95. The number of ether oxygens (including phenoxy) is 1. The molecular formula is C16H16ClF2NO. The molecule has 0 saturated heterocycles. The minimum Gasteiger partial charge on any atom is -0.486 e. The summed E-state index contributed by atoms with van der Waals surface area (Å²) in [4.78, 5) is 0. The maximum atomic E-state index is 13.9. The van der Waals surface area contributed by atoms with Crippen molar-refractivity contribution >= 4 is 11.6 Å². The zero-order valence-electron chi connectivity index (χ0n) is 11.6. The van der Waals surface area contributed by atoms with Gasteiger partial charge < -0.3 is 10.5 Å². The number of rotatable bonds is 5. The van der Waals surface area contributed by atoms with Crippen LogP contribution in [0, 0.1) is 11.6 Å². The predicted octanol–water partition coefficient (Wildman–Crippen LogP) is 4.09. The fourth-order valence-electron chi connectivity index (χ4n) is 2.01. The van der Waals surface area contributed by atoms with Gasteiger partial charge in [-0.3, -0.25) is 0 Å². The topological polar surface area (TPSA) is 35.2 Å². The summed E-state index contributed by atoms with van der Waals surface area (Å²) >= 11 is 5.62. The molecule has 0 spiro atoms. The molecule has 0 aliphatic heterocycles. The second kappa shape index (κ2) is 6.87. The van der Waals surface area contributed by atoms with Crippen molar-refractivity contribution in [2.75, 3.05) is 0 Å². The van der Waals surface area contributed by atoms with Gasteiger partial charge in [0, 0.05) is 6.04 Å². The number of nitrogens with two attached hydrogens (primary N) is 1. The lowest BCUT2D eigenvalue weighted by Crippen LogP contribution is -2.18. The summed E-state index contributed by atoms with van der Waals surface area (Å²) in [6.07, 6.45) is 0.502. The molecule has 0 aliphatic rings. The van der Waals surface area contributed by atoms with Crippen LogP contribution >= 0.6 is 11.6 Å². The van der Waals surface area contributed by atoms with E-state index < -0.39 is 11.6 Å². The third-order valence-corrected chi connectivity index (χ3v) is 3.26. The Morgan fingerprint density at radius 3 is 2.62 bits per heavy atom. The third kappa shape index (κ3) is 4.16. The van der Waals surface area contributed by atoms with Gasteiger partial charge in [0.05, 0.1) is 5.02 Å². The van der Waals surface area contributed by atoms with E-state index in [1.165, 1.54) is 18.2 Å². The lowest BCUT2D eigenvalue weighted by molar-refractivity contribution is 0.286. The SMILES string of the molecule is CC(N)Cc1cccc(F)c1OCc1ccc(Cl)c(F)c1. The van der Waals surface area contributed by atoms with Crippen molar-refractivity contribution in [1.82, 2.24) is 0 Å². The van der Waals surface area contributed by atoms with E-state index in [2.05, 4.69) is 0 Å². The summed E-state index contributed by atoms with van der Waals surface area (Å²) in [5.41, 5.74) is 7.01. The van der Waals surface area contributed by atoms with E-state index in [-0.39, 0.29) is 23.4 Å². The zero-order chi connectivity index (χ0) is 15.4. The van der Waals surface area contributed by atoms with Crippen LogP contribution in [0.1, 0.15) is 18.1 Å². The van der Waals surface area contributed by atoms with Crippen molar-refractivity contribution in [2.24, 2.45) is 5.73 Å². The number of halogens is 3. The van der Waals surface area contributed by atoms with Crippen molar-refractivity contribution in [3.8, 4) is 5.75 Å². The minimum atomic E-state index is -0.526. The first-order valence-electron chi connectivity index (χ1n) is 6.57. The maximum Gasteiger partial charge on any atom is 0.165 e. The number of hydrogen-bond donors (Lipinski definition) is 1. The van der Waals surface area contributed by atoms with Gasteiger partial charge in [0.1, 0.15) is 12.4 Å². The van der Waals surface area contributed by atoms with Gasteiger partial charge in [0.2, 0.25) is 0 Å². The van der Waals surface area contributed by atoms with E-state index in [0.29, 0.717) is 17.5 Å². The molecule has 112 valence electrons. The Morgan fingerprint density at radius 2 is 1.95 bits per heavy atom. The quantitative estimate of drug-likeness (QED) is 0.902. The Bertz CT molecular complexity index is 632. The number of para-hydroxylation sites is 1. The van der Waals surface area contributed by atoms with E-state index in [1.807, 2.05) is 6.92 Å². The smallest absolute Gasteiger partial charge is 0.165 e. The van der Waals surface area contributed by atoms with Crippen LogP contribution in [0.2, 0.25) is 5.02 Å². The Kier molecular flexibility index (Phi) is 5.15. The van der Waals surface area contributed by atoms with E-state index in [9.17, 15) is 8.78 Å². The lowest BCUT2D eigenvalue weighted by atomic mass is 10.1. The van der Waals surface area contributed by atoms with Gasteiger partial charge in [-0.25, -0.2) is 8.78 Å². The molecule has 0 saturated carbocycles. The summed E-state index contributed by atoms with van der Waals surface area (Å²) in [7, 11) is 0. The van der Waals surface area contributed by atoms with Gasteiger partial charge in [0.15, 0.2) is 11.6 Å². The lowest BCUT2D eigenvalue weighted by Gasteiger charge is -2.14. The Morgan fingerprint density at radius 1 is 1.19 bits per heavy atom. The predicted molar refractivity (Wildman–Crippen MR) is 79.5 cm³/mol. The van der Waals surface area contributed by atoms with Crippen LogP contribution in [0.25, 0.3) is 0 Å². The molecular weight excluding hydrogens is 296 g/mol. The maximum absolute atomic E-state index is 13.9. The normalized spacial score (nSPS) is 12.2. The van der Waals surface area contributed by atoms with Crippen molar-refractivity contribution < 1.29 is 13.5 Å². The minimum absolute atomic E-state index is 0.0438. The molecule has 0 fully saturated rings. The molecule has 2 rings (SSSR count). The molecule has 2 aromatic rings. The molecule has 0 bridgehead atoms. The first-order chi connectivity index (χ1) is 9.97. The first-order valence-corrected chi connectivity index (χ1v) is 6.95. The molecule has 2 aromatic carbocycles. The largest absolute Gasteiger partial charge is 0.486 e. The van der Waals surface area contributed by atoms with Crippen LogP contribution in [-0.4, -0.2) is 6.04 Å². The Labute approximate surface area is 127 Å². The molecule has 1 atom stereocenters. The summed E-state index contributed by atoms with van der Waals surface area (Å²) in [5.74, 6) is -0.824. The highest BCUT2D eigenvalue weighted by atomic mass is 35.5. The third-order valence-electron chi connectivity index (χ3n) is 2.96. The summed E-state index contributed by atoms with van der Waals surface area (Å²) in [6.45, 7) is 1.89. The van der Waals surface area contributed by atoms with Crippen molar-refractivity contribution in [1.29, 1.82) is 0 Å². The molecule has 0 heterocycles. The molecule has 0 radical (unpaired) electrons. The highest BCUT2D eigenvalue weighted by Crippen LogP contribution is 2.25. The van der Waals surface area contributed by atoms with E-state index in [0.717, 1.165) is 0 Å². The first kappa shape index (κ1) is 15.7. The highest BCUT2D eigenvalue weighted by Gasteiger charge is 2.12. The monoisotopic (exact) mass is 311 g/mol. The Balaban J connectivity index is 2.17. The molecule has 2 nitrogen and oxygen atoms in total. The molecule has 0 aliphatic carbocycles. The van der Waals surface area contributed by atoms with Gasteiger partial charge in [-0.15, -0.1) is 0 Å². The van der Waals surface area contributed by atoms with Crippen molar-refractivity contribution in [3.05, 3.63) is 64.2 Å². The number of hydrogen-bond acceptors (Lipinski definition) is 2. The molecule has 1 unspecified atom stereocenters. The van der Waals surface area contributed by atoms with Gasteiger partial charge in [0.25, 0.3) is 0 Å². The van der Waals surface area contributed by atoms with Crippen molar-refractivity contribution in [2.45, 2.75) is 26.0 Å². The second-order valence-corrected chi connectivity index (χ2v) is 5.35. The van der Waals surface area contributed by atoms with E-state index in [1.54, 1.807) is 18.2 Å². The average Bonchev–Trinajstić information content (AvgIpc) is 2.41. The molecule has 5 heteroatoms. The van der Waals surface area contributed by atoms with Crippen LogP contribution in [0.5, 0.6) is 5.75 Å². The van der Waals surface area contributed by atoms with Gasteiger partial charge in [-0.05, 0) is 42.7 Å². The average molecular weight is 312 g/mol. The molecule has 0 amide bonds. The van der Waals surface area contributed by atoms with Crippen LogP contribution in [0.3, 0.4) is 0 Å². The van der Waals surface area contributed by atoms with Crippen LogP contribution in [0.15, 0.2) is 36.4 Å². The van der Waals surface area contributed by atoms with Gasteiger partial charge in [-0.2, -0.15) is 0 Å². The summed E-state index contributed by atoms with van der Waals surface area (Å²) in [5, 5.41) is 0.0438. The van der Waals surface area contributed by atoms with Crippen LogP contribution in [0.4, 0.5) is 8.78 Å². The van der Waals surface area contributed by atoms with E-state index in [4.69, 9.17) is 22.1 Å². The molecule has 21 heavy (non-hydrogen) atoms. The highest BCUT2D eigenvalue weighted by molar-refractivity contribution is 6.30. The Hall–Kier alpha value is -1.65. The fraction of sp³-hybridized carbons (Fsp3) is 0.250. The van der Waals surface area contributed by atoms with Crippen LogP contribution < -0.4 is 10.5 Å². The van der Waals surface area contributed by atoms with Crippen molar-refractivity contribution in [3.63, 3.8) is 0 Å².